The monoisotopic (exact) mass is 441 g/mol. The summed E-state index contributed by atoms with van der Waals surface area (Å²) in [6.07, 6.45) is 1.73. The molecule has 1 aromatic heterocycles. The Bertz CT molecular complexity index is 1430. The van der Waals surface area contributed by atoms with E-state index in [4.69, 9.17) is 11.6 Å². The minimum absolute atomic E-state index is 0.230. The Morgan fingerprint density at radius 3 is 2.41 bits per heavy atom. The predicted molar refractivity (Wildman–Crippen MR) is 128 cm³/mol. The van der Waals surface area contributed by atoms with Crippen LogP contribution in [0.1, 0.15) is 17.0 Å². The number of urea groups is 1. The molecule has 4 aromatic rings. The number of hydrogen-bond donors (Lipinski definition) is 1. The van der Waals surface area contributed by atoms with E-state index in [1.54, 1.807) is 30.3 Å². The summed E-state index contributed by atoms with van der Waals surface area (Å²) in [5.74, 6) is -0.409. The highest BCUT2D eigenvalue weighted by Gasteiger charge is 2.35. The molecule has 0 radical (unpaired) electrons. The molecule has 1 aliphatic heterocycles. The fourth-order valence-corrected chi connectivity index (χ4v) is 4.37. The van der Waals surface area contributed by atoms with Crippen molar-refractivity contribution in [3.63, 3.8) is 0 Å². The number of anilines is 1. The summed E-state index contributed by atoms with van der Waals surface area (Å²) in [5, 5.41) is 5.49. The number of benzene rings is 3. The number of amides is 3. The minimum Gasteiger partial charge on any atom is -0.318 e. The van der Waals surface area contributed by atoms with Crippen molar-refractivity contribution >= 4 is 46.1 Å². The quantitative estimate of drug-likeness (QED) is 0.313. The first kappa shape index (κ1) is 20.1. The molecule has 0 atom stereocenters. The molecular formula is C26H20ClN3O2. The van der Waals surface area contributed by atoms with Crippen molar-refractivity contribution in [2.24, 2.45) is 0 Å². The lowest BCUT2D eigenvalue weighted by molar-refractivity contribution is -0.113. The van der Waals surface area contributed by atoms with E-state index in [2.05, 4.69) is 40.2 Å². The van der Waals surface area contributed by atoms with Crippen LogP contribution in [0.5, 0.6) is 0 Å². The zero-order valence-corrected chi connectivity index (χ0v) is 18.4. The SMILES string of the molecule is Cc1cc(/C=C2/NC(=O)N(c3cccc(Cl)c3)C2=O)c(C)n1-c1ccc2ccccc2c1. The Balaban J connectivity index is 1.52. The third kappa shape index (κ3) is 3.37. The Morgan fingerprint density at radius 2 is 1.62 bits per heavy atom. The van der Waals surface area contributed by atoms with E-state index >= 15 is 0 Å². The number of fused-ring (bicyclic) bond motifs is 1. The van der Waals surface area contributed by atoms with E-state index in [0.717, 1.165) is 32.9 Å². The summed E-state index contributed by atoms with van der Waals surface area (Å²) < 4.78 is 2.15. The lowest BCUT2D eigenvalue weighted by Gasteiger charge is -2.11. The van der Waals surface area contributed by atoms with Crippen LogP contribution in [-0.4, -0.2) is 16.5 Å². The molecule has 2 heterocycles. The van der Waals surface area contributed by atoms with Gasteiger partial charge in [-0.25, -0.2) is 9.69 Å². The number of hydrogen-bond acceptors (Lipinski definition) is 2. The maximum atomic E-state index is 13.0. The molecule has 32 heavy (non-hydrogen) atoms. The summed E-state index contributed by atoms with van der Waals surface area (Å²) in [4.78, 5) is 26.6. The van der Waals surface area contributed by atoms with Crippen LogP contribution >= 0.6 is 11.6 Å². The normalized spacial score (nSPS) is 15.1. The van der Waals surface area contributed by atoms with E-state index < -0.39 is 11.9 Å². The molecule has 1 N–H and O–H groups in total. The maximum absolute atomic E-state index is 13.0. The van der Waals surface area contributed by atoms with Gasteiger partial charge < -0.3 is 9.88 Å². The molecule has 5 nitrogen and oxygen atoms in total. The molecule has 5 rings (SSSR count). The number of carbonyl (C=O) groups is 2. The lowest BCUT2D eigenvalue weighted by Crippen LogP contribution is -2.30. The van der Waals surface area contributed by atoms with Crippen molar-refractivity contribution in [3.8, 4) is 5.69 Å². The molecule has 3 aromatic carbocycles. The second-order valence-corrected chi connectivity index (χ2v) is 8.24. The molecule has 0 aliphatic carbocycles. The number of imide groups is 1. The average Bonchev–Trinajstić information content (AvgIpc) is 3.21. The first-order valence-corrected chi connectivity index (χ1v) is 10.6. The minimum atomic E-state index is -0.494. The fraction of sp³-hybridized carbons (Fsp3) is 0.0769. The summed E-state index contributed by atoms with van der Waals surface area (Å²) in [5.41, 5.74) is 4.60. The number of carbonyl (C=O) groups excluding carboxylic acids is 2. The van der Waals surface area contributed by atoms with E-state index in [1.165, 1.54) is 5.39 Å². The van der Waals surface area contributed by atoms with Crippen LogP contribution in [0.15, 0.2) is 78.5 Å². The third-order valence-corrected chi connectivity index (χ3v) is 5.94. The highest BCUT2D eigenvalue weighted by molar-refractivity contribution is 6.32. The van der Waals surface area contributed by atoms with Gasteiger partial charge in [-0.2, -0.15) is 0 Å². The van der Waals surface area contributed by atoms with E-state index in [9.17, 15) is 9.59 Å². The van der Waals surface area contributed by atoms with Crippen LogP contribution in [0.4, 0.5) is 10.5 Å². The Morgan fingerprint density at radius 1 is 0.844 bits per heavy atom. The zero-order valence-electron chi connectivity index (χ0n) is 17.6. The van der Waals surface area contributed by atoms with Crippen LogP contribution in [-0.2, 0) is 4.79 Å². The van der Waals surface area contributed by atoms with Crippen molar-refractivity contribution in [1.82, 2.24) is 9.88 Å². The summed E-state index contributed by atoms with van der Waals surface area (Å²) in [7, 11) is 0. The third-order valence-electron chi connectivity index (χ3n) is 5.71. The first-order chi connectivity index (χ1) is 15.4. The number of aromatic nitrogens is 1. The molecule has 3 amide bonds. The molecule has 1 fully saturated rings. The largest absolute Gasteiger partial charge is 0.333 e. The van der Waals surface area contributed by atoms with Crippen molar-refractivity contribution in [2.45, 2.75) is 13.8 Å². The van der Waals surface area contributed by atoms with E-state index in [-0.39, 0.29) is 5.70 Å². The van der Waals surface area contributed by atoms with Gasteiger partial charge >= 0.3 is 6.03 Å². The summed E-state index contributed by atoms with van der Waals surface area (Å²) in [6.45, 7) is 4.03. The van der Waals surface area contributed by atoms with Crippen molar-refractivity contribution in [1.29, 1.82) is 0 Å². The van der Waals surface area contributed by atoms with Gasteiger partial charge in [0.2, 0.25) is 0 Å². The molecule has 0 saturated carbocycles. The highest BCUT2D eigenvalue weighted by Crippen LogP contribution is 2.28. The number of rotatable bonds is 3. The number of nitrogens with one attached hydrogen (secondary N) is 1. The first-order valence-electron chi connectivity index (χ1n) is 10.2. The molecule has 0 unspecified atom stereocenters. The van der Waals surface area contributed by atoms with Gasteiger partial charge in [-0.15, -0.1) is 0 Å². The topological polar surface area (TPSA) is 54.3 Å². The second kappa shape index (κ2) is 7.70. The van der Waals surface area contributed by atoms with Crippen molar-refractivity contribution in [2.75, 3.05) is 4.90 Å². The van der Waals surface area contributed by atoms with Gasteiger partial charge in [-0.1, -0.05) is 48.0 Å². The standard InChI is InChI=1S/C26H20ClN3O2/c1-16-12-20(17(2)29(16)23-11-10-18-6-3-4-7-19(18)13-23)14-24-25(31)30(26(32)28-24)22-9-5-8-21(27)15-22/h3-15H,1-2H3,(H,28,32)/b24-14+. The maximum Gasteiger partial charge on any atom is 0.333 e. The lowest BCUT2D eigenvalue weighted by atomic mass is 10.1. The molecule has 158 valence electrons. The molecule has 1 saturated heterocycles. The highest BCUT2D eigenvalue weighted by atomic mass is 35.5. The van der Waals surface area contributed by atoms with Crippen LogP contribution in [0.3, 0.4) is 0 Å². The molecule has 6 heteroatoms. The van der Waals surface area contributed by atoms with Gasteiger partial charge in [0.25, 0.3) is 5.91 Å². The Labute approximate surface area is 190 Å². The van der Waals surface area contributed by atoms with E-state index in [0.29, 0.717) is 10.7 Å². The molecule has 1 aliphatic rings. The Hall–Kier alpha value is -3.83. The predicted octanol–water partition coefficient (Wildman–Crippen LogP) is 6.00. The van der Waals surface area contributed by atoms with Crippen LogP contribution in [0.2, 0.25) is 5.02 Å². The van der Waals surface area contributed by atoms with Gasteiger partial charge in [0.15, 0.2) is 0 Å². The second-order valence-electron chi connectivity index (χ2n) is 7.80. The van der Waals surface area contributed by atoms with Crippen molar-refractivity contribution < 1.29 is 9.59 Å². The number of halogens is 1. The average molecular weight is 442 g/mol. The smallest absolute Gasteiger partial charge is 0.318 e. The Kier molecular flexibility index (Phi) is 4.83. The van der Waals surface area contributed by atoms with Gasteiger partial charge in [-0.05, 0) is 72.7 Å². The number of nitrogens with zero attached hydrogens (tertiary/aromatic N) is 2. The van der Waals surface area contributed by atoms with Crippen LogP contribution in [0.25, 0.3) is 22.5 Å². The zero-order chi connectivity index (χ0) is 22.4. The van der Waals surface area contributed by atoms with Crippen molar-refractivity contribution in [3.05, 3.63) is 100 Å². The fourth-order valence-electron chi connectivity index (χ4n) is 4.19. The van der Waals surface area contributed by atoms with Crippen LogP contribution in [0, 0.1) is 13.8 Å². The van der Waals surface area contributed by atoms with Gasteiger partial charge in [-0.3, -0.25) is 4.79 Å². The summed E-state index contributed by atoms with van der Waals surface area (Å²) in [6, 6.07) is 22.8. The van der Waals surface area contributed by atoms with Gasteiger partial charge in [0, 0.05) is 22.1 Å². The van der Waals surface area contributed by atoms with Gasteiger partial charge in [0.05, 0.1) is 5.69 Å². The summed E-state index contributed by atoms with van der Waals surface area (Å²) >= 11 is 6.03. The molecule has 0 spiro atoms. The number of aryl methyl sites for hydroxylation is 1. The van der Waals surface area contributed by atoms with Gasteiger partial charge in [0.1, 0.15) is 5.70 Å². The molecular weight excluding hydrogens is 422 g/mol. The van der Waals surface area contributed by atoms with E-state index in [1.807, 2.05) is 32.0 Å². The van der Waals surface area contributed by atoms with Crippen LogP contribution < -0.4 is 10.2 Å². The molecule has 0 bridgehead atoms.